The molecule has 1 aromatic heterocycles. The molecule has 0 aliphatic heterocycles. The van der Waals surface area contributed by atoms with E-state index in [1.54, 1.807) is 30.3 Å². The summed E-state index contributed by atoms with van der Waals surface area (Å²) in [7, 11) is -3.94. The molecular formula is C23H26N2O4S. The Balaban J connectivity index is 1.68. The molecule has 4 rings (SSSR count). The van der Waals surface area contributed by atoms with Crippen molar-refractivity contribution in [1.82, 2.24) is 0 Å². The highest BCUT2D eigenvalue weighted by molar-refractivity contribution is 7.92. The molecule has 0 atom stereocenters. The molecule has 0 spiro atoms. The van der Waals surface area contributed by atoms with E-state index < -0.39 is 15.6 Å². The minimum absolute atomic E-state index is 0.105. The molecule has 6 nitrogen and oxygen atoms in total. The van der Waals surface area contributed by atoms with Gasteiger partial charge in [0.15, 0.2) is 5.69 Å². The molecular weight excluding hydrogens is 400 g/mol. The van der Waals surface area contributed by atoms with E-state index in [4.69, 9.17) is 4.42 Å². The standard InChI is InChI=1S/C23H26N2O4S/c1-2-24-21-19-10-6-7-11-20(19)29-23(26)22(21)25-30(27,28)18-14-12-17(13-15-18)16-8-4-3-5-9-16/h6-7,10-16,24-25H,2-5,8-9H2,1H3. The van der Waals surface area contributed by atoms with Crippen molar-refractivity contribution in [2.75, 3.05) is 16.6 Å². The molecule has 0 unspecified atom stereocenters. The van der Waals surface area contributed by atoms with Gasteiger partial charge in [-0.05, 0) is 55.5 Å². The maximum absolute atomic E-state index is 13.0. The Kier molecular flexibility index (Phi) is 5.81. The first-order valence-corrected chi connectivity index (χ1v) is 11.9. The third-order valence-corrected chi connectivity index (χ3v) is 7.04. The van der Waals surface area contributed by atoms with Crippen LogP contribution in [0.15, 0.2) is 62.6 Å². The molecule has 1 heterocycles. The van der Waals surface area contributed by atoms with Crippen molar-refractivity contribution in [2.45, 2.75) is 49.8 Å². The Hall–Kier alpha value is -2.80. The van der Waals surface area contributed by atoms with E-state index in [9.17, 15) is 13.2 Å². The second kappa shape index (κ2) is 8.52. The highest BCUT2D eigenvalue weighted by Crippen LogP contribution is 2.34. The van der Waals surface area contributed by atoms with Crippen LogP contribution in [0.25, 0.3) is 11.0 Å². The Morgan fingerprint density at radius 2 is 1.67 bits per heavy atom. The van der Waals surface area contributed by atoms with Gasteiger partial charge in [-0.1, -0.05) is 43.5 Å². The highest BCUT2D eigenvalue weighted by Gasteiger charge is 2.22. The Labute approximate surface area is 176 Å². The lowest BCUT2D eigenvalue weighted by molar-refractivity contribution is 0.443. The average molecular weight is 427 g/mol. The van der Waals surface area contributed by atoms with Crippen molar-refractivity contribution >= 4 is 32.4 Å². The summed E-state index contributed by atoms with van der Waals surface area (Å²) in [6.07, 6.45) is 6.01. The number of para-hydroxylation sites is 1. The van der Waals surface area contributed by atoms with Crippen LogP contribution in [-0.2, 0) is 10.0 Å². The zero-order chi connectivity index (χ0) is 21.1. The third-order valence-electron chi connectivity index (χ3n) is 5.67. The molecule has 0 radical (unpaired) electrons. The van der Waals surface area contributed by atoms with Gasteiger partial charge >= 0.3 is 5.63 Å². The summed E-state index contributed by atoms with van der Waals surface area (Å²) in [6.45, 7) is 2.41. The van der Waals surface area contributed by atoms with Gasteiger partial charge in [0, 0.05) is 11.9 Å². The van der Waals surface area contributed by atoms with Gasteiger partial charge in [0.25, 0.3) is 10.0 Å². The maximum atomic E-state index is 13.0. The monoisotopic (exact) mass is 426 g/mol. The van der Waals surface area contributed by atoms with E-state index in [1.165, 1.54) is 24.8 Å². The van der Waals surface area contributed by atoms with Crippen LogP contribution < -0.4 is 15.7 Å². The number of fused-ring (bicyclic) bond motifs is 1. The molecule has 2 aromatic carbocycles. The summed E-state index contributed by atoms with van der Waals surface area (Å²) in [4.78, 5) is 12.7. The summed E-state index contributed by atoms with van der Waals surface area (Å²) in [5.74, 6) is 0.497. The minimum atomic E-state index is -3.94. The van der Waals surface area contributed by atoms with Crippen LogP contribution in [-0.4, -0.2) is 15.0 Å². The van der Waals surface area contributed by atoms with Crippen molar-refractivity contribution in [1.29, 1.82) is 0 Å². The number of anilines is 2. The van der Waals surface area contributed by atoms with Crippen LogP contribution >= 0.6 is 0 Å². The second-order valence-electron chi connectivity index (χ2n) is 7.68. The van der Waals surface area contributed by atoms with Crippen LogP contribution in [0.5, 0.6) is 0 Å². The molecule has 158 valence electrons. The van der Waals surface area contributed by atoms with Gasteiger partial charge in [0.05, 0.1) is 10.6 Å². The number of rotatable bonds is 6. The summed E-state index contributed by atoms with van der Waals surface area (Å²) < 4.78 is 33.8. The van der Waals surface area contributed by atoms with Gasteiger partial charge < -0.3 is 9.73 Å². The topological polar surface area (TPSA) is 88.4 Å². The molecule has 0 amide bonds. The molecule has 2 N–H and O–H groups in total. The lowest BCUT2D eigenvalue weighted by Crippen LogP contribution is -2.20. The molecule has 1 saturated carbocycles. The van der Waals surface area contributed by atoms with Crippen LogP contribution in [0.3, 0.4) is 0 Å². The molecule has 1 aliphatic carbocycles. The summed E-state index contributed by atoms with van der Waals surface area (Å²) in [5, 5.41) is 3.74. The zero-order valence-electron chi connectivity index (χ0n) is 17.0. The third kappa shape index (κ3) is 4.07. The molecule has 1 fully saturated rings. The Bertz CT molecular complexity index is 1190. The van der Waals surface area contributed by atoms with E-state index >= 15 is 0 Å². The first-order valence-electron chi connectivity index (χ1n) is 10.4. The molecule has 7 heteroatoms. The highest BCUT2D eigenvalue weighted by atomic mass is 32.2. The van der Waals surface area contributed by atoms with Crippen molar-refractivity contribution < 1.29 is 12.8 Å². The van der Waals surface area contributed by atoms with Crippen LogP contribution in [0.1, 0.15) is 50.5 Å². The fourth-order valence-electron chi connectivity index (χ4n) is 4.15. The van der Waals surface area contributed by atoms with Crippen molar-refractivity contribution in [3.8, 4) is 0 Å². The van der Waals surface area contributed by atoms with Gasteiger partial charge in [-0.25, -0.2) is 13.2 Å². The quantitative estimate of drug-likeness (QED) is 0.537. The molecule has 30 heavy (non-hydrogen) atoms. The molecule has 0 bridgehead atoms. The van der Waals surface area contributed by atoms with E-state index in [1.807, 2.05) is 25.1 Å². The lowest BCUT2D eigenvalue weighted by Gasteiger charge is -2.22. The number of sulfonamides is 1. The van der Waals surface area contributed by atoms with Crippen molar-refractivity contribution in [2.24, 2.45) is 0 Å². The van der Waals surface area contributed by atoms with Crippen LogP contribution in [0.2, 0.25) is 0 Å². The van der Waals surface area contributed by atoms with Gasteiger partial charge in [-0.15, -0.1) is 0 Å². The number of hydrogen-bond donors (Lipinski definition) is 2. The average Bonchev–Trinajstić information content (AvgIpc) is 2.77. The number of benzene rings is 2. The normalized spacial score (nSPS) is 15.2. The second-order valence-corrected chi connectivity index (χ2v) is 9.36. The zero-order valence-corrected chi connectivity index (χ0v) is 17.8. The summed E-state index contributed by atoms with van der Waals surface area (Å²) >= 11 is 0. The Morgan fingerprint density at radius 3 is 2.37 bits per heavy atom. The van der Waals surface area contributed by atoms with Gasteiger partial charge in [-0.3, -0.25) is 4.72 Å². The first kappa shape index (κ1) is 20.5. The van der Waals surface area contributed by atoms with Crippen molar-refractivity contribution in [3.63, 3.8) is 0 Å². The lowest BCUT2D eigenvalue weighted by atomic mass is 9.84. The predicted octanol–water partition coefficient (Wildman–Crippen LogP) is 5.07. The minimum Gasteiger partial charge on any atom is -0.421 e. The fraction of sp³-hybridized carbons (Fsp3) is 0.348. The van der Waals surface area contributed by atoms with E-state index in [-0.39, 0.29) is 10.6 Å². The van der Waals surface area contributed by atoms with E-state index in [0.717, 1.165) is 12.8 Å². The number of nitrogens with one attached hydrogen (secondary N) is 2. The summed E-state index contributed by atoms with van der Waals surface area (Å²) in [6, 6.07) is 14.0. The molecule has 3 aromatic rings. The molecule has 0 saturated heterocycles. The maximum Gasteiger partial charge on any atom is 0.363 e. The Morgan fingerprint density at radius 1 is 0.967 bits per heavy atom. The first-order chi connectivity index (χ1) is 14.5. The van der Waals surface area contributed by atoms with Crippen molar-refractivity contribution in [3.05, 3.63) is 64.5 Å². The largest absolute Gasteiger partial charge is 0.421 e. The SMILES string of the molecule is CCNc1c(NS(=O)(=O)c2ccc(C3CCCCC3)cc2)c(=O)oc2ccccc12. The van der Waals surface area contributed by atoms with Gasteiger partial charge in [-0.2, -0.15) is 0 Å². The number of hydrogen-bond acceptors (Lipinski definition) is 5. The fourth-order valence-corrected chi connectivity index (χ4v) is 5.22. The van der Waals surface area contributed by atoms with Gasteiger partial charge in [0.1, 0.15) is 5.58 Å². The van der Waals surface area contributed by atoms with Gasteiger partial charge in [0.2, 0.25) is 0 Å². The molecule has 1 aliphatic rings. The smallest absolute Gasteiger partial charge is 0.363 e. The van der Waals surface area contributed by atoms with E-state index in [2.05, 4.69) is 10.0 Å². The van der Waals surface area contributed by atoms with E-state index in [0.29, 0.717) is 29.1 Å². The van der Waals surface area contributed by atoms with Crippen LogP contribution in [0.4, 0.5) is 11.4 Å². The summed E-state index contributed by atoms with van der Waals surface area (Å²) in [5.41, 5.74) is 1.16. The van der Waals surface area contributed by atoms with Crippen LogP contribution in [0, 0.1) is 0 Å². The predicted molar refractivity (Wildman–Crippen MR) is 120 cm³/mol.